The van der Waals surface area contributed by atoms with E-state index >= 15 is 0 Å². The summed E-state index contributed by atoms with van der Waals surface area (Å²) in [6.07, 6.45) is 3.64. The first-order valence-corrected chi connectivity index (χ1v) is 10.6. The van der Waals surface area contributed by atoms with Crippen LogP contribution in [0.3, 0.4) is 0 Å². The fourth-order valence-corrected chi connectivity index (χ4v) is 5.55. The number of carbonyl (C=O) groups is 1. The Kier molecular flexibility index (Phi) is 2.73. The van der Waals surface area contributed by atoms with Gasteiger partial charge in [0.2, 0.25) is 0 Å². The van der Waals surface area contributed by atoms with E-state index in [0.717, 1.165) is 17.9 Å². The second kappa shape index (κ2) is 3.07. The average molecular weight is 318 g/mol. The molecule has 1 rings (SSSR count). The van der Waals surface area contributed by atoms with Gasteiger partial charge in [-0.3, -0.25) is 0 Å². The number of methoxy groups -OCH3 is 1. The van der Waals surface area contributed by atoms with Gasteiger partial charge >= 0.3 is 88.2 Å². The topological polar surface area (TPSA) is 26.3 Å². The van der Waals surface area contributed by atoms with Gasteiger partial charge < -0.3 is 0 Å². The Labute approximate surface area is 88.1 Å². The number of halogens is 2. The second-order valence-electron chi connectivity index (χ2n) is 3.30. The van der Waals surface area contributed by atoms with Crippen molar-refractivity contribution in [3.05, 3.63) is 11.6 Å². The van der Waals surface area contributed by atoms with Crippen LogP contribution >= 0.6 is 35.0 Å². The Bertz CT molecular complexity index is 252. The predicted molar refractivity (Wildman–Crippen MR) is 60.5 cm³/mol. The number of rotatable bonds is 1. The van der Waals surface area contributed by atoms with Crippen molar-refractivity contribution in [2.75, 3.05) is 26.1 Å². The van der Waals surface area contributed by atoms with Crippen LogP contribution in [0.4, 0.5) is 0 Å². The Morgan fingerprint density at radius 2 is 2.25 bits per heavy atom. The molecular weight excluding hydrogens is 307 g/mol. The zero-order valence-electron chi connectivity index (χ0n) is 7.01. The van der Waals surface area contributed by atoms with Crippen LogP contribution in [-0.2, 0) is 9.53 Å². The van der Waals surface area contributed by atoms with Gasteiger partial charge in [-0.1, -0.05) is 0 Å². The normalized spacial score (nSPS) is 28.3. The van der Waals surface area contributed by atoms with Crippen molar-refractivity contribution >= 4 is 41.0 Å². The van der Waals surface area contributed by atoms with Crippen molar-refractivity contribution in [3.63, 3.8) is 0 Å². The van der Waals surface area contributed by atoms with E-state index in [0.29, 0.717) is 0 Å². The molecule has 0 unspecified atom stereocenters. The van der Waals surface area contributed by atoms with Gasteiger partial charge in [0.25, 0.3) is 0 Å². The van der Waals surface area contributed by atoms with E-state index in [-0.39, 0.29) is 5.97 Å². The minimum absolute atomic E-state index is 0.206. The molecule has 12 heavy (non-hydrogen) atoms. The summed E-state index contributed by atoms with van der Waals surface area (Å²) in [4.78, 5) is 11.1. The molecule has 0 aromatic carbocycles. The third-order valence-electron chi connectivity index (χ3n) is 1.79. The Balaban J connectivity index is 2.73. The molecule has 0 amide bonds. The molecule has 1 aliphatic heterocycles. The predicted octanol–water partition coefficient (Wildman–Crippen LogP) is 2.90. The summed E-state index contributed by atoms with van der Waals surface area (Å²) in [5.41, 5.74) is 0.784. The standard InChI is InChI=1S/C7H11Br2O2P/c1-11-7(10)6-3-4-12(2,8,9)5-6/h3H,4-5H2,1-2H3. The van der Waals surface area contributed by atoms with Gasteiger partial charge in [-0.05, 0) is 0 Å². The van der Waals surface area contributed by atoms with Gasteiger partial charge in [-0.2, -0.15) is 0 Å². The molecule has 0 spiro atoms. The van der Waals surface area contributed by atoms with Crippen molar-refractivity contribution in [1.82, 2.24) is 0 Å². The van der Waals surface area contributed by atoms with E-state index < -0.39 is 4.01 Å². The van der Waals surface area contributed by atoms with Crippen molar-refractivity contribution in [2.24, 2.45) is 0 Å². The quantitative estimate of drug-likeness (QED) is 0.549. The second-order valence-corrected chi connectivity index (χ2v) is 22.7. The van der Waals surface area contributed by atoms with E-state index in [1.807, 2.05) is 6.08 Å². The number of esters is 1. The summed E-state index contributed by atoms with van der Waals surface area (Å²) in [5, 5.41) is 0. The van der Waals surface area contributed by atoms with Gasteiger partial charge in [0.1, 0.15) is 0 Å². The molecule has 5 heteroatoms. The third-order valence-corrected chi connectivity index (χ3v) is 7.24. The van der Waals surface area contributed by atoms with Crippen molar-refractivity contribution in [1.29, 1.82) is 0 Å². The average Bonchev–Trinajstić information content (AvgIpc) is 2.24. The minimum atomic E-state index is -1.91. The first-order chi connectivity index (χ1) is 5.32. The fourth-order valence-electron chi connectivity index (χ4n) is 1.16. The molecule has 1 aliphatic rings. The number of ether oxygens (including phenoxy) is 1. The van der Waals surface area contributed by atoms with Crippen molar-refractivity contribution in [3.8, 4) is 0 Å². The van der Waals surface area contributed by atoms with E-state index in [2.05, 4.69) is 42.4 Å². The fraction of sp³-hybridized carbons (Fsp3) is 0.571. The SMILES string of the molecule is COC(=O)C1=CCP(C)(Br)(Br)C1. The molecule has 2 nitrogen and oxygen atoms in total. The van der Waals surface area contributed by atoms with Gasteiger partial charge in [0.05, 0.1) is 0 Å². The molecule has 0 aliphatic carbocycles. The van der Waals surface area contributed by atoms with E-state index in [1.165, 1.54) is 7.11 Å². The number of allylic oxidation sites excluding steroid dienone is 1. The van der Waals surface area contributed by atoms with Crippen LogP contribution in [0.5, 0.6) is 0 Å². The molecule has 0 saturated carbocycles. The van der Waals surface area contributed by atoms with Crippen molar-refractivity contribution in [2.45, 2.75) is 0 Å². The van der Waals surface area contributed by atoms with Crippen molar-refractivity contribution < 1.29 is 9.53 Å². The molecule has 0 aromatic rings. The molecule has 0 radical (unpaired) electrons. The molecule has 0 atom stereocenters. The summed E-state index contributed by atoms with van der Waals surface area (Å²) in [6.45, 7) is 2.14. The molecule has 0 aromatic heterocycles. The summed E-state index contributed by atoms with van der Waals surface area (Å²) in [6, 6.07) is 0. The van der Waals surface area contributed by atoms with Crippen LogP contribution in [0, 0.1) is 0 Å². The van der Waals surface area contributed by atoms with Gasteiger partial charge in [-0.15, -0.1) is 0 Å². The first kappa shape index (κ1) is 10.7. The van der Waals surface area contributed by atoms with E-state index in [4.69, 9.17) is 0 Å². The van der Waals surface area contributed by atoms with Gasteiger partial charge in [-0.25, -0.2) is 0 Å². The van der Waals surface area contributed by atoms with Crippen LogP contribution in [0.15, 0.2) is 11.6 Å². The summed E-state index contributed by atoms with van der Waals surface area (Å²) in [5.74, 6) is -0.206. The zero-order valence-corrected chi connectivity index (χ0v) is 11.1. The molecule has 70 valence electrons. The number of hydrogen-bond acceptors (Lipinski definition) is 2. The Morgan fingerprint density at radius 1 is 1.67 bits per heavy atom. The van der Waals surface area contributed by atoms with Crippen LogP contribution in [0.2, 0.25) is 0 Å². The summed E-state index contributed by atoms with van der Waals surface area (Å²) in [7, 11) is 1.41. The zero-order chi connectivity index (χ0) is 9.43. The third kappa shape index (κ3) is 2.54. The number of carbonyl (C=O) groups excluding carboxylic acids is 1. The van der Waals surface area contributed by atoms with Gasteiger partial charge in [0.15, 0.2) is 0 Å². The maximum absolute atomic E-state index is 11.1. The molecule has 0 bridgehead atoms. The molecule has 0 saturated heterocycles. The molecule has 0 fully saturated rings. The maximum atomic E-state index is 11.1. The number of hydrogen-bond donors (Lipinski definition) is 0. The first-order valence-electron chi connectivity index (χ1n) is 3.53. The Morgan fingerprint density at radius 3 is 2.58 bits per heavy atom. The van der Waals surface area contributed by atoms with Gasteiger partial charge in [0, 0.05) is 0 Å². The summed E-state index contributed by atoms with van der Waals surface area (Å²) < 4.78 is 2.74. The molecule has 0 N–H and O–H groups in total. The molecular formula is C7H11Br2O2P. The van der Waals surface area contributed by atoms with Crippen LogP contribution in [0.25, 0.3) is 0 Å². The van der Waals surface area contributed by atoms with E-state index in [1.54, 1.807) is 0 Å². The van der Waals surface area contributed by atoms with Crippen LogP contribution in [0.1, 0.15) is 0 Å². The van der Waals surface area contributed by atoms with E-state index in [9.17, 15) is 4.79 Å². The monoisotopic (exact) mass is 316 g/mol. The van der Waals surface area contributed by atoms with Crippen LogP contribution in [-0.4, -0.2) is 32.1 Å². The summed E-state index contributed by atoms with van der Waals surface area (Å²) >= 11 is 7.34. The molecule has 1 heterocycles. The Hall–Kier alpha value is 0.600. The van der Waals surface area contributed by atoms with Crippen LogP contribution < -0.4 is 0 Å².